The zero-order valence-corrected chi connectivity index (χ0v) is 20.2. The topological polar surface area (TPSA) is 71.4 Å². The number of aliphatic imine (C=N–C) groups is 1. The molecule has 2 aliphatic heterocycles. The Morgan fingerprint density at radius 2 is 2.00 bits per heavy atom. The molecule has 0 N–H and O–H groups in total. The fourth-order valence-corrected chi connectivity index (χ4v) is 4.79. The number of carbonyl (C=O) groups is 2. The number of carbonyl (C=O) groups excluding carboxylic acids is 2. The zero-order valence-electron chi connectivity index (χ0n) is 18.5. The van der Waals surface area contributed by atoms with Crippen molar-refractivity contribution in [1.29, 1.82) is 0 Å². The quantitative estimate of drug-likeness (QED) is 0.459. The van der Waals surface area contributed by atoms with E-state index >= 15 is 0 Å². The van der Waals surface area contributed by atoms with E-state index in [1.54, 1.807) is 40.8 Å². The molecule has 7 nitrogen and oxygen atoms in total. The van der Waals surface area contributed by atoms with Crippen LogP contribution >= 0.6 is 23.5 Å². The van der Waals surface area contributed by atoms with Crippen molar-refractivity contribution in [3.8, 4) is 5.75 Å². The Hall–Kier alpha value is -2.75. The minimum atomic E-state index is -0.126. The maximum Gasteiger partial charge on any atom is 0.266 e. The number of likely N-dealkylation sites (N-methyl/N-ethyl adjacent to an activating group) is 1. The number of hydrogen-bond donors (Lipinski definition) is 0. The number of nitrogens with zero attached hydrogens (tertiary/aromatic N) is 3. The highest BCUT2D eigenvalue weighted by Crippen LogP contribution is 2.35. The summed E-state index contributed by atoms with van der Waals surface area (Å²) in [5.41, 5.74) is 1.54. The van der Waals surface area contributed by atoms with E-state index in [4.69, 9.17) is 9.47 Å². The van der Waals surface area contributed by atoms with Gasteiger partial charge >= 0.3 is 0 Å². The molecule has 0 bridgehead atoms. The largest absolute Gasteiger partial charge is 0.483 e. The van der Waals surface area contributed by atoms with E-state index in [1.165, 1.54) is 11.8 Å². The van der Waals surface area contributed by atoms with Gasteiger partial charge in [0.2, 0.25) is 0 Å². The average molecular weight is 484 g/mol. The number of rotatable bonds is 6. The third-order valence-electron chi connectivity index (χ3n) is 5.20. The van der Waals surface area contributed by atoms with E-state index in [2.05, 4.69) is 4.99 Å². The molecule has 0 aliphatic carbocycles. The van der Waals surface area contributed by atoms with Crippen LogP contribution in [0.25, 0.3) is 6.08 Å². The lowest BCUT2D eigenvalue weighted by Crippen LogP contribution is -2.43. The van der Waals surface area contributed by atoms with E-state index < -0.39 is 0 Å². The molecule has 2 aromatic rings. The van der Waals surface area contributed by atoms with Crippen LogP contribution in [0.5, 0.6) is 5.75 Å². The summed E-state index contributed by atoms with van der Waals surface area (Å²) < 4.78 is 11.1. The van der Waals surface area contributed by atoms with Crippen LogP contribution in [0, 0.1) is 0 Å². The van der Waals surface area contributed by atoms with Crippen molar-refractivity contribution in [2.75, 3.05) is 46.2 Å². The van der Waals surface area contributed by atoms with Gasteiger partial charge in [-0.15, -0.1) is 11.8 Å². The summed E-state index contributed by atoms with van der Waals surface area (Å²) in [5.74, 6) is 0.355. The van der Waals surface area contributed by atoms with Crippen LogP contribution in [0.3, 0.4) is 0 Å². The number of amidine groups is 1. The number of morpholine rings is 1. The number of ether oxygens (including phenoxy) is 2. The summed E-state index contributed by atoms with van der Waals surface area (Å²) in [6, 6.07) is 15.3. The van der Waals surface area contributed by atoms with Gasteiger partial charge in [0.05, 0.1) is 23.8 Å². The molecule has 0 unspecified atom stereocenters. The second-order valence-corrected chi connectivity index (χ2v) is 9.28. The third-order valence-corrected chi connectivity index (χ3v) is 6.99. The first-order valence-corrected chi connectivity index (χ1v) is 12.6. The molecule has 0 atom stereocenters. The van der Waals surface area contributed by atoms with E-state index in [-0.39, 0.29) is 18.4 Å². The molecule has 4 rings (SSSR count). The summed E-state index contributed by atoms with van der Waals surface area (Å²) >= 11 is 2.97. The van der Waals surface area contributed by atoms with Gasteiger partial charge in [-0.3, -0.25) is 14.5 Å². The first kappa shape index (κ1) is 23.4. The molecular formula is C24H25N3O4S2. The molecule has 33 heavy (non-hydrogen) atoms. The predicted octanol–water partition coefficient (Wildman–Crippen LogP) is 3.88. The van der Waals surface area contributed by atoms with Crippen LogP contribution in [0.2, 0.25) is 0 Å². The first-order valence-electron chi connectivity index (χ1n) is 10.5. The minimum Gasteiger partial charge on any atom is -0.483 e. The summed E-state index contributed by atoms with van der Waals surface area (Å²) in [6.45, 7) is 2.19. The maximum atomic E-state index is 12.9. The number of thioether (sulfide) groups is 2. The molecule has 2 saturated heterocycles. The van der Waals surface area contributed by atoms with Gasteiger partial charge in [-0.05, 0) is 48.4 Å². The smallest absolute Gasteiger partial charge is 0.266 e. The average Bonchev–Trinajstić information content (AvgIpc) is 3.11. The molecule has 2 aliphatic rings. The van der Waals surface area contributed by atoms with Gasteiger partial charge in [-0.25, -0.2) is 4.99 Å². The highest BCUT2D eigenvalue weighted by molar-refractivity contribution is 8.18. The van der Waals surface area contributed by atoms with Crippen LogP contribution in [0.1, 0.15) is 5.56 Å². The molecule has 2 amide bonds. The lowest BCUT2D eigenvalue weighted by molar-refractivity contribution is -0.137. The van der Waals surface area contributed by atoms with Crippen molar-refractivity contribution in [3.63, 3.8) is 0 Å². The van der Waals surface area contributed by atoms with E-state index in [9.17, 15) is 9.59 Å². The standard InChI is InChI=1S/C24H25N3O4S2/c1-26-23(29)21(33-24(26)25-18-7-5-8-19(15-18)32-2)14-17-6-3-4-9-20(17)31-16-22(28)27-10-12-30-13-11-27/h3-9,14-15H,10-13,16H2,1-2H3. The molecule has 9 heteroatoms. The van der Waals surface area contributed by atoms with Gasteiger partial charge in [-0.1, -0.05) is 24.3 Å². The third kappa shape index (κ3) is 5.79. The Bertz CT molecular complexity index is 1100. The Labute approximate surface area is 201 Å². The summed E-state index contributed by atoms with van der Waals surface area (Å²) in [7, 11) is 1.72. The van der Waals surface area contributed by atoms with Gasteiger partial charge in [0, 0.05) is 30.6 Å². The number of para-hydroxylation sites is 1. The first-order chi connectivity index (χ1) is 16.0. The number of benzene rings is 2. The summed E-state index contributed by atoms with van der Waals surface area (Å²) in [4.78, 5) is 34.9. The lowest BCUT2D eigenvalue weighted by atomic mass is 10.2. The Morgan fingerprint density at radius 1 is 1.21 bits per heavy atom. The van der Waals surface area contributed by atoms with Crippen molar-refractivity contribution in [3.05, 3.63) is 59.0 Å². The fraction of sp³-hybridized carbons (Fsp3) is 0.292. The van der Waals surface area contributed by atoms with Gasteiger partial charge in [0.1, 0.15) is 5.75 Å². The van der Waals surface area contributed by atoms with Gasteiger partial charge in [-0.2, -0.15) is 0 Å². The maximum absolute atomic E-state index is 12.9. The summed E-state index contributed by atoms with van der Waals surface area (Å²) in [6.07, 6.45) is 3.81. The fourth-order valence-electron chi connectivity index (χ4n) is 3.36. The normalized spacial score (nSPS) is 18.9. The second-order valence-electron chi connectivity index (χ2n) is 7.39. The van der Waals surface area contributed by atoms with Crippen LogP contribution < -0.4 is 4.74 Å². The molecule has 2 fully saturated rings. The highest BCUT2D eigenvalue weighted by atomic mass is 32.2. The predicted molar refractivity (Wildman–Crippen MR) is 133 cm³/mol. The molecule has 0 spiro atoms. The van der Waals surface area contributed by atoms with E-state index in [0.717, 1.165) is 16.1 Å². The Balaban J connectivity index is 1.50. The molecule has 0 radical (unpaired) electrons. The van der Waals surface area contributed by atoms with Crippen LogP contribution in [-0.2, 0) is 14.3 Å². The van der Waals surface area contributed by atoms with E-state index in [0.29, 0.717) is 42.1 Å². The molecule has 2 aromatic carbocycles. The molecule has 0 aromatic heterocycles. The number of hydrogen-bond acceptors (Lipinski definition) is 7. The summed E-state index contributed by atoms with van der Waals surface area (Å²) in [5, 5.41) is 0.616. The van der Waals surface area contributed by atoms with Crippen molar-refractivity contribution in [1.82, 2.24) is 9.80 Å². The van der Waals surface area contributed by atoms with Gasteiger partial charge in [0.15, 0.2) is 11.8 Å². The second kappa shape index (κ2) is 10.9. The van der Waals surface area contributed by atoms with Crippen LogP contribution in [0.4, 0.5) is 5.69 Å². The van der Waals surface area contributed by atoms with Crippen LogP contribution in [0.15, 0.2) is 63.3 Å². The zero-order chi connectivity index (χ0) is 23.2. The van der Waals surface area contributed by atoms with Crippen LogP contribution in [-0.4, -0.2) is 73.0 Å². The minimum absolute atomic E-state index is 0.0559. The SMILES string of the molecule is CSc1cccc(N=C2SC(=Cc3ccccc3OCC(=O)N3CCOCC3)C(=O)N2C)c1. The molecule has 2 heterocycles. The Morgan fingerprint density at radius 3 is 2.79 bits per heavy atom. The van der Waals surface area contributed by atoms with Crippen molar-refractivity contribution in [2.45, 2.75) is 4.90 Å². The van der Waals surface area contributed by atoms with Crippen molar-refractivity contribution < 1.29 is 19.1 Å². The van der Waals surface area contributed by atoms with E-state index in [1.807, 2.05) is 48.7 Å². The van der Waals surface area contributed by atoms with Gasteiger partial charge < -0.3 is 14.4 Å². The van der Waals surface area contributed by atoms with Crippen molar-refractivity contribution in [2.24, 2.45) is 4.99 Å². The molecular weight excluding hydrogens is 458 g/mol. The molecule has 172 valence electrons. The Kier molecular flexibility index (Phi) is 7.74. The lowest BCUT2D eigenvalue weighted by Gasteiger charge is -2.26. The van der Waals surface area contributed by atoms with Crippen molar-refractivity contribution >= 4 is 52.3 Å². The monoisotopic (exact) mass is 483 g/mol. The number of amides is 2. The van der Waals surface area contributed by atoms with Gasteiger partial charge in [0.25, 0.3) is 11.8 Å². The highest BCUT2D eigenvalue weighted by Gasteiger charge is 2.30. The molecule has 0 saturated carbocycles.